The van der Waals surface area contributed by atoms with Crippen LogP contribution in [0.25, 0.3) is 0 Å². The van der Waals surface area contributed by atoms with Crippen LogP contribution in [0.4, 0.5) is 0 Å². The molecule has 0 saturated heterocycles. The molecular formula is C15H24ClN3. The highest BCUT2D eigenvalue weighted by Gasteiger charge is 2.33. The zero-order valence-corrected chi connectivity index (χ0v) is 12.5. The molecule has 2 aliphatic carbocycles. The van der Waals surface area contributed by atoms with Crippen molar-refractivity contribution in [3.8, 4) is 0 Å². The normalized spacial score (nSPS) is 27.1. The van der Waals surface area contributed by atoms with Crippen LogP contribution in [0, 0.1) is 5.92 Å². The van der Waals surface area contributed by atoms with E-state index >= 15 is 0 Å². The zero-order chi connectivity index (χ0) is 13.2. The van der Waals surface area contributed by atoms with Crippen molar-refractivity contribution in [3.05, 3.63) is 16.9 Å². The van der Waals surface area contributed by atoms with Crippen LogP contribution < -0.4 is 5.32 Å². The van der Waals surface area contributed by atoms with Crippen molar-refractivity contribution in [3.63, 3.8) is 0 Å². The summed E-state index contributed by atoms with van der Waals surface area (Å²) in [6.45, 7) is 4.34. The van der Waals surface area contributed by atoms with E-state index in [2.05, 4.69) is 22.0 Å². The molecule has 106 valence electrons. The Morgan fingerprint density at radius 1 is 1.37 bits per heavy atom. The van der Waals surface area contributed by atoms with Gasteiger partial charge in [-0.15, -0.1) is 0 Å². The number of nitrogens with one attached hydrogen (secondary N) is 1. The summed E-state index contributed by atoms with van der Waals surface area (Å²) in [5, 5.41) is 9.02. The summed E-state index contributed by atoms with van der Waals surface area (Å²) in [6.07, 6.45) is 9.61. The van der Waals surface area contributed by atoms with E-state index in [1.807, 2.05) is 6.20 Å². The van der Waals surface area contributed by atoms with Crippen LogP contribution in [0.15, 0.2) is 6.20 Å². The Labute approximate surface area is 120 Å². The lowest BCUT2D eigenvalue weighted by Gasteiger charge is -2.22. The maximum Gasteiger partial charge on any atom is 0.0820 e. The average molecular weight is 282 g/mol. The van der Waals surface area contributed by atoms with E-state index in [1.54, 1.807) is 0 Å². The lowest BCUT2D eigenvalue weighted by Crippen LogP contribution is -2.27. The minimum atomic E-state index is 0.604. The van der Waals surface area contributed by atoms with Gasteiger partial charge in [-0.25, -0.2) is 0 Å². The number of rotatable bonds is 6. The number of hydrogen-bond donors (Lipinski definition) is 1. The monoisotopic (exact) mass is 281 g/mol. The van der Waals surface area contributed by atoms with Crippen molar-refractivity contribution >= 4 is 11.6 Å². The summed E-state index contributed by atoms with van der Waals surface area (Å²) < 4.78 is 2.14. The first-order chi connectivity index (χ1) is 9.29. The van der Waals surface area contributed by atoms with E-state index in [4.69, 9.17) is 11.6 Å². The molecule has 1 aromatic heterocycles. The summed E-state index contributed by atoms with van der Waals surface area (Å²) in [5.74, 6) is 1.35. The molecule has 0 aliphatic heterocycles. The van der Waals surface area contributed by atoms with Gasteiger partial charge in [0.05, 0.1) is 16.9 Å². The maximum atomic E-state index is 6.40. The molecule has 2 fully saturated rings. The Kier molecular flexibility index (Phi) is 4.13. The summed E-state index contributed by atoms with van der Waals surface area (Å²) >= 11 is 6.40. The first kappa shape index (κ1) is 13.4. The fourth-order valence-corrected chi connectivity index (χ4v) is 3.66. The highest BCUT2D eigenvalue weighted by molar-refractivity contribution is 6.31. The lowest BCUT2D eigenvalue weighted by molar-refractivity contribution is 0.417. The van der Waals surface area contributed by atoms with Crippen molar-refractivity contribution in [2.24, 2.45) is 5.92 Å². The molecule has 0 aromatic carbocycles. The van der Waals surface area contributed by atoms with Gasteiger partial charge in [0, 0.05) is 18.5 Å². The Hall–Kier alpha value is -0.540. The first-order valence-corrected chi connectivity index (χ1v) is 8.12. The SMILES string of the molecule is CCCn1ncc(Cl)c1C1CCCC1CNC1CC1. The Morgan fingerprint density at radius 3 is 2.95 bits per heavy atom. The second kappa shape index (κ2) is 5.84. The van der Waals surface area contributed by atoms with Crippen molar-refractivity contribution in [1.82, 2.24) is 15.1 Å². The molecule has 2 unspecified atom stereocenters. The van der Waals surface area contributed by atoms with E-state index in [1.165, 1.54) is 37.8 Å². The highest BCUT2D eigenvalue weighted by atomic mass is 35.5. The quantitative estimate of drug-likeness (QED) is 0.864. The van der Waals surface area contributed by atoms with Gasteiger partial charge in [-0.1, -0.05) is 24.9 Å². The van der Waals surface area contributed by atoms with Crippen LogP contribution in [-0.4, -0.2) is 22.4 Å². The second-order valence-electron chi connectivity index (χ2n) is 6.08. The fraction of sp³-hybridized carbons (Fsp3) is 0.800. The molecule has 4 heteroatoms. The van der Waals surface area contributed by atoms with Gasteiger partial charge in [-0.2, -0.15) is 5.10 Å². The summed E-state index contributed by atoms with van der Waals surface area (Å²) in [6, 6.07) is 0.803. The molecule has 2 atom stereocenters. The molecule has 0 amide bonds. The summed E-state index contributed by atoms with van der Waals surface area (Å²) in [4.78, 5) is 0. The van der Waals surface area contributed by atoms with Crippen LogP contribution >= 0.6 is 11.6 Å². The van der Waals surface area contributed by atoms with Crippen LogP contribution in [0.3, 0.4) is 0 Å². The number of aryl methyl sites for hydroxylation is 1. The van der Waals surface area contributed by atoms with Crippen molar-refractivity contribution in [2.45, 2.75) is 64.0 Å². The van der Waals surface area contributed by atoms with Crippen LogP contribution in [0.2, 0.25) is 5.02 Å². The van der Waals surface area contributed by atoms with Gasteiger partial charge in [0.15, 0.2) is 0 Å². The molecule has 2 aliphatic rings. The van der Waals surface area contributed by atoms with Crippen molar-refractivity contribution < 1.29 is 0 Å². The van der Waals surface area contributed by atoms with E-state index < -0.39 is 0 Å². The van der Waals surface area contributed by atoms with E-state index in [0.717, 1.165) is 36.5 Å². The molecule has 0 bridgehead atoms. The fourth-order valence-electron chi connectivity index (χ4n) is 3.38. The largest absolute Gasteiger partial charge is 0.314 e. The topological polar surface area (TPSA) is 29.9 Å². The second-order valence-corrected chi connectivity index (χ2v) is 6.49. The zero-order valence-electron chi connectivity index (χ0n) is 11.7. The maximum absolute atomic E-state index is 6.40. The summed E-state index contributed by atoms with van der Waals surface area (Å²) in [7, 11) is 0. The molecule has 0 spiro atoms. The molecule has 2 saturated carbocycles. The van der Waals surface area contributed by atoms with E-state index in [0.29, 0.717) is 5.92 Å². The molecule has 1 aromatic rings. The van der Waals surface area contributed by atoms with Crippen LogP contribution in [-0.2, 0) is 6.54 Å². The summed E-state index contributed by atoms with van der Waals surface area (Å²) in [5.41, 5.74) is 1.30. The predicted octanol–water partition coefficient (Wildman–Crippen LogP) is 3.58. The van der Waals surface area contributed by atoms with Crippen LogP contribution in [0.5, 0.6) is 0 Å². The number of aromatic nitrogens is 2. The van der Waals surface area contributed by atoms with Gasteiger partial charge in [0.25, 0.3) is 0 Å². The smallest absolute Gasteiger partial charge is 0.0820 e. The number of nitrogens with zero attached hydrogens (tertiary/aromatic N) is 2. The Morgan fingerprint density at radius 2 is 2.21 bits per heavy atom. The Balaban J connectivity index is 1.73. The van der Waals surface area contributed by atoms with E-state index in [9.17, 15) is 0 Å². The lowest BCUT2D eigenvalue weighted by atomic mass is 9.92. The minimum absolute atomic E-state index is 0.604. The van der Waals surface area contributed by atoms with Crippen molar-refractivity contribution in [1.29, 1.82) is 0 Å². The van der Waals surface area contributed by atoms with Gasteiger partial charge in [0.2, 0.25) is 0 Å². The molecule has 0 radical (unpaired) electrons. The first-order valence-electron chi connectivity index (χ1n) is 7.74. The highest BCUT2D eigenvalue weighted by Crippen LogP contribution is 2.42. The predicted molar refractivity (Wildman–Crippen MR) is 78.6 cm³/mol. The van der Waals surface area contributed by atoms with Crippen LogP contribution in [0.1, 0.15) is 57.1 Å². The van der Waals surface area contributed by atoms with Gasteiger partial charge in [-0.3, -0.25) is 4.68 Å². The Bertz CT molecular complexity index is 425. The standard InChI is InChI=1S/C15H24ClN3/c1-2-8-19-15(14(16)10-18-19)13-5-3-4-11(13)9-17-12-6-7-12/h10-13,17H,2-9H2,1H3. The molecular weight excluding hydrogens is 258 g/mol. The van der Waals surface area contributed by atoms with E-state index in [-0.39, 0.29) is 0 Å². The molecule has 1 heterocycles. The third kappa shape index (κ3) is 2.97. The molecule has 3 nitrogen and oxygen atoms in total. The van der Waals surface area contributed by atoms with Crippen molar-refractivity contribution in [2.75, 3.05) is 6.54 Å². The minimum Gasteiger partial charge on any atom is -0.314 e. The number of halogens is 1. The molecule has 19 heavy (non-hydrogen) atoms. The number of hydrogen-bond acceptors (Lipinski definition) is 2. The van der Waals surface area contributed by atoms with Gasteiger partial charge < -0.3 is 5.32 Å². The van der Waals surface area contributed by atoms with Gasteiger partial charge in [-0.05, 0) is 44.6 Å². The average Bonchev–Trinajstić information content (AvgIpc) is 3.01. The molecule has 1 N–H and O–H groups in total. The van der Waals surface area contributed by atoms with Gasteiger partial charge in [0.1, 0.15) is 0 Å². The van der Waals surface area contributed by atoms with Gasteiger partial charge >= 0.3 is 0 Å². The molecule has 3 rings (SSSR count). The third-order valence-electron chi connectivity index (χ3n) is 4.53. The third-order valence-corrected chi connectivity index (χ3v) is 4.82.